The van der Waals surface area contributed by atoms with Gasteiger partial charge in [0, 0.05) is 6.04 Å². The number of aromatic nitrogens is 2. The molecule has 0 atom stereocenters. The minimum absolute atomic E-state index is 0.527. The zero-order valence-corrected chi connectivity index (χ0v) is 9.06. The van der Waals surface area contributed by atoms with Crippen molar-refractivity contribution in [1.29, 1.82) is 0 Å². The lowest BCUT2D eigenvalue weighted by Crippen LogP contribution is -2.16. The van der Waals surface area contributed by atoms with Gasteiger partial charge in [0.05, 0.1) is 18.4 Å². The Hall–Kier alpha value is -1.62. The molecule has 0 unspecified atom stereocenters. The van der Waals surface area contributed by atoms with Crippen molar-refractivity contribution in [2.45, 2.75) is 32.4 Å². The molecule has 1 aliphatic carbocycles. The van der Waals surface area contributed by atoms with Crippen molar-refractivity contribution in [2.75, 3.05) is 0 Å². The molecular formula is C11H13N3O2. The minimum atomic E-state index is 0.527. The van der Waals surface area contributed by atoms with Gasteiger partial charge in [0.25, 0.3) is 5.89 Å². The second-order valence-electron chi connectivity index (χ2n) is 4.06. The molecule has 0 spiro atoms. The monoisotopic (exact) mass is 219 g/mol. The van der Waals surface area contributed by atoms with Gasteiger partial charge in [-0.15, -0.1) is 0 Å². The molecular weight excluding hydrogens is 206 g/mol. The lowest BCUT2D eigenvalue weighted by molar-refractivity contribution is 0.418. The highest BCUT2D eigenvalue weighted by Gasteiger charge is 2.21. The summed E-state index contributed by atoms with van der Waals surface area (Å²) in [6, 6.07) is 2.48. The van der Waals surface area contributed by atoms with Crippen LogP contribution in [0.2, 0.25) is 0 Å². The molecule has 0 saturated heterocycles. The maximum absolute atomic E-state index is 5.19. The molecule has 5 nitrogen and oxygen atoms in total. The molecule has 1 fully saturated rings. The van der Waals surface area contributed by atoms with E-state index in [1.54, 1.807) is 6.26 Å². The van der Waals surface area contributed by atoms with E-state index in [1.165, 1.54) is 12.8 Å². The van der Waals surface area contributed by atoms with Gasteiger partial charge in [-0.1, -0.05) is 5.16 Å². The third-order valence-corrected chi connectivity index (χ3v) is 2.68. The Morgan fingerprint density at radius 1 is 1.50 bits per heavy atom. The van der Waals surface area contributed by atoms with Gasteiger partial charge < -0.3 is 14.3 Å². The number of nitrogens with zero attached hydrogens (tertiary/aromatic N) is 2. The van der Waals surface area contributed by atoms with Crippen molar-refractivity contribution in [3.63, 3.8) is 0 Å². The highest BCUT2D eigenvalue weighted by Crippen LogP contribution is 2.23. The number of hydrogen-bond donors (Lipinski definition) is 1. The van der Waals surface area contributed by atoms with Gasteiger partial charge in [-0.05, 0) is 25.8 Å². The summed E-state index contributed by atoms with van der Waals surface area (Å²) in [5.74, 6) is 2.02. The van der Waals surface area contributed by atoms with E-state index in [9.17, 15) is 0 Å². The van der Waals surface area contributed by atoms with Crippen LogP contribution in [0.5, 0.6) is 0 Å². The Balaban J connectivity index is 1.74. The zero-order valence-electron chi connectivity index (χ0n) is 9.06. The van der Waals surface area contributed by atoms with Crippen LogP contribution < -0.4 is 5.32 Å². The fourth-order valence-corrected chi connectivity index (χ4v) is 1.57. The normalized spacial score (nSPS) is 15.6. The number of nitrogens with one attached hydrogen (secondary N) is 1. The summed E-state index contributed by atoms with van der Waals surface area (Å²) in [5.41, 5.74) is 0.866. The lowest BCUT2D eigenvalue weighted by atomic mass is 10.2. The van der Waals surface area contributed by atoms with Crippen LogP contribution in [0, 0.1) is 6.92 Å². The molecule has 0 amide bonds. The zero-order chi connectivity index (χ0) is 11.0. The fourth-order valence-electron chi connectivity index (χ4n) is 1.57. The average Bonchev–Trinajstić information content (AvgIpc) is 2.82. The molecule has 0 bridgehead atoms. The van der Waals surface area contributed by atoms with Gasteiger partial charge in [-0.3, -0.25) is 0 Å². The summed E-state index contributed by atoms with van der Waals surface area (Å²) >= 11 is 0. The predicted octanol–water partition coefficient (Wildman–Crippen LogP) is 1.89. The second kappa shape index (κ2) is 3.75. The standard InChI is InChI=1S/C11H13N3O2/c1-7-9(4-5-15-7)11-13-10(14-16-11)6-12-8-2-3-8/h4-5,8,12H,2-3,6H2,1H3. The van der Waals surface area contributed by atoms with Crippen LogP contribution in [-0.4, -0.2) is 16.2 Å². The highest BCUT2D eigenvalue weighted by atomic mass is 16.5. The topological polar surface area (TPSA) is 64.1 Å². The Morgan fingerprint density at radius 3 is 3.06 bits per heavy atom. The first kappa shape index (κ1) is 9.59. The molecule has 1 saturated carbocycles. The Morgan fingerprint density at radius 2 is 2.38 bits per heavy atom. The van der Waals surface area contributed by atoms with E-state index >= 15 is 0 Å². The van der Waals surface area contributed by atoms with Gasteiger partial charge >= 0.3 is 0 Å². The summed E-state index contributed by atoms with van der Waals surface area (Å²) < 4.78 is 10.4. The van der Waals surface area contributed by atoms with E-state index < -0.39 is 0 Å². The molecule has 0 aliphatic heterocycles. The fraction of sp³-hybridized carbons (Fsp3) is 0.455. The quantitative estimate of drug-likeness (QED) is 0.850. The summed E-state index contributed by atoms with van der Waals surface area (Å²) in [6.07, 6.45) is 4.13. The molecule has 84 valence electrons. The summed E-state index contributed by atoms with van der Waals surface area (Å²) in [7, 11) is 0. The average molecular weight is 219 g/mol. The van der Waals surface area contributed by atoms with Crippen LogP contribution in [0.4, 0.5) is 0 Å². The van der Waals surface area contributed by atoms with Crippen LogP contribution in [0.25, 0.3) is 11.5 Å². The molecule has 2 aromatic rings. The van der Waals surface area contributed by atoms with Crippen molar-refractivity contribution >= 4 is 0 Å². The molecule has 16 heavy (non-hydrogen) atoms. The van der Waals surface area contributed by atoms with E-state index in [4.69, 9.17) is 8.94 Å². The molecule has 0 radical (unpaired) electrons. The Labute approximate surface area is 92.8 Å². The number of hydrogen-bond acceptors (Lipinski definition) is 5. The predicted molar refractivity (Wildman–Crippen MR) is 56.6 cm³/mol. The van der Waals surface area contributed by atoms with Crippen molar-refractivity contribution in [1.82, 2.24) is 15.5 Å². The van der Waals surface area contributed by atoms with Crippen LogP contribution in [0.15, 0.2) is 21.3 Å². The first-order valence-electron chi connectivity index (χ1n) is 5.43. The van der Waals surface area contributed by atoms with Gasteiger partial charge in [0.2, 0.25) is 0 Å². The number of aryl methyl sites for hydroxylation is 1. The van der Waals surface area contributed by atoms with E-state index in [-0.39, 0.29) is 0 Å². The molecule has 0 aromatic carbocycles. The molecule has 3 rings (SSSR count). The van der Waals surface area contributed by atoms with Crippen LogP contribution >= 0.6 is 0 Å². The van der Waals surface area contributed by atoms with Crippen molar-refractivity contribution in [3.05, 3.63) is 23.9 Å². The molecule has 2 heterocycles. The van der Waals surface area contributed by atoms with Crippen LogP contribution in [0.3, 0.4) is 0 Å². The van der Waals surface area contributed by atoms with Crippen molar-refractivity contribution in [3.8, 4) is 11.5 Å². The van der Waals surface area contributed by atoms with Crippen molar-refractivity contribution < 1.29 is 8.94 Å². The third kappa shape index (κ3) is 1.86. The largest absolute Gasteiger partial charge is 0.469 e. The van der Waals surface area contributed by atoms with Gasteiger partial charge in [-0.25, -0.2) is 0 Å². The molecule has 1 N–H and O–H groups in total. The van der Waals surface area contributed by atoms with Crippen molar-refractivity contribution in [2.24, 2.45) is 0 Å². The maximum Gasteiger partial charge on any atom is 0.261 e. The highest BCUT2D eigenvalue weighted by molar-refractivity contribution is 5.54. The Kier molecular flexibility index (Phi) is 2.25. The van der Waals surface area contributed by atoms with E-state index in [0.29, 0.717) is 24.3 Å². The minimum Gasteiger partial charge on any atom is -0.469 e. The maximum atomic E-state index is 5.19. The summed E-state index contributed by atoms with van der Waals surface area (Å²) in [4.78, 5) is 4.31. The van der Waals surface area contributed by atoms with Gasteiger partial charge in [-0.2, -0.15) is 4.98 Å². The first-order valence-corrected chi connectivity index (χ1v) is 5.43. The van der Waals surface area contributed by atoms with Crippen LogP contribution in [0.1, 0.15) is 24.4 Å². The van der Waals surface area contributed by atoms with Gasteiger partial charge in [0.15, 0.2) is 5.82 Å². The number of rotatable bonds is 4. The molecule has 1 aliphatic rings. The third-order valence-electron chi connectivity index (χ3n) is 2.68. The van der Waals surface area contributed by atoms with E-state index in [1.807, 2.05) is 13.0 Å². The lowest BCUT2D eigenvalue weighted by Gasteiger charge is -1.94. The van der Waals surface area contributed by atoms with E-state index in [0.717, 1.165) is 11.3 Å². The summed E-state index contributed by atoms with van der Waals surface area (Å²) in [5, 5.41) is 7.26. The van der Waals surface area contributed by atoms with E-state index in [2.05, 4.69) is 15.5 Å². The molecule has 2 aromatic heterocycles. The molecule has 5 heteroatoms. The first-order chi connectivity index (χ1) is 7.83. The smallest absolute Gasteiger partial charge is 0.261 e. The van der Waals surface area contributed by atoms with Gasteiger partial charge in [0.1, 0.15) is 5.76 Å². The SMILES string of the molecule is Cc1occc1-c1nc(CNC2CC2)no1. The Bertz CT molecular complexity index is 485. The van der Waals surface area contributed by atoms with Crippen LogP contribution in [-0.2, 0) is 6.54 Å². The number of furan rings is 1. The second-order valence-corrected chi connectivity index (χ2v) is 4.06. The summed E-state index contributed by atoms with van der Waals surface area (Å²) in [6.45, 7) is 2.55.